The molecule has 0 fully saturated rings. The van der Waals surface area contributed by atoms with Crippen LogP contribution in [0.3, 0.4) is 0 Å². The number of nitrogens with zero attached hydrogens (tertiary/aromatic N) is 1. The van der Waals surface area contributed by atoms with Gasteiger partial charge in [-0.15, -0.1) is 0 Å². The van der Waals surface area contributed by atoms with E-state index in [1.807, 2.05) is 21.1 Å². The number of hydrogen-bond acceptors (Lipinski definition) is 8. The number of quaternary nitrogens is 1. The van der Waals surface area contributed by atoms with Gasteiger partial charge in [0.25, 0.3) is 7.82 Å². The lowest BCUT2D eigenvalue weighted by atomic mass is 10.0. The first-order chi connectivity index (χ1) is 30.5. The van der Waals surface area contributed by atoms with Crippen molar-refractivity contribution in [3.63, 3.8) is 0 Å². The second kappa shape index (κ2) is 45.4. The molecule has 0 bridgehead atoms. The molecule has 0 aliphatic rings. The van der Waals surface area contributed by atoms with Crippen molar-refractivity contribution in [2.45, 2.75) is 245 Å². The highest BCUT2D eigenvalue weighted by atomic mass is 31.2. The topological polar surface area (TPSA) is 111 Å². The van der Waals surface area contributed by atoms with Crippen LogP contribution in [0.2, 0.25) is 0 Å². The summed E-state index contributed by atoms with van der Waals surface area (Å²) in [5, 5.41) is 0. The Bertz CT molecular complexity index is 1170. The van der Waals surface area contributed by atoms with Gasteiger partial charge in [0, 0.05) is 12.8 Å². The fourth-order valence-corrected chi connectivity index (χ4v) is 8.04. The second-order valence-corrected chi connectivity index (χ2v) is 20.3. The number of phosphoric ester groups is 1. The molecule has 2 unspecified atom stereocenters. The van der Waals surface area contributed by atoms with Crippen molar-refractivity contribution in [2.24, 2.45) is 0 Å². The third kappa shape index (κ3) is 49.5. The van der Waals surface area contributed by atoms with Crippen molar-refractivity contribution in [2.75, 3.05) is 47.5 Å². The first-order valence-electron chi connectivity index (χ1n) is 26.2. The van der Waals surface area contributed by atoms with E-state index in [0.717, 1.165) is 51.4 Å². The van der Waals surface area contributed by atoms with Gasteiger partial charge < -0.3 is 27.9 Å². The smallest absolute Gasteiger partial charge is 0.306 e. The average molecular weight is 910 g/mol. The van der Waals surface area contributed by atoms with Gasteiger partial charge in [-0.3, -0.25) is 14.2 Å². The fraction of sp³-hybridized carbons (Fsp3) is 0.849. The number of ether oxygens (including phenoxy) is 2. The summed E-state index contributed by atoms with van der Waals surface area (Å²) in [6.07, 6.45) is 53.4. The Hall–Kier alpha value is -1.77. The summed E-state index contributed by atoms with van der Waals surface area (Å²) >= 11 is 0. The van der Waals surface area contributed by atoms with E-state index in [1.54, 1.807) is 0 Å². The zero-order valence-electron chi connectivity index (χ0n) is 41.8. The van der Waals surface area contributed by atoms with Crippen LogP contribution in [-0.2, 0) is 32.7 Å². The highest BCUT2D eigenvalue weighted by Crippen LogP contribution is 2.38. The van der Waals surface area contributed by atoms with Crippen LogP contribution in [0, 0.1) is 0 Å². The number of rotatable bonds is 48. The summed E-state index contributed by atoms with van der Waals surface area (Å²) in [6.45, 7) is 4.22. The Labute approximate surface area is 389 Å². The molecule has 0 heterocycles. The van der Waals surface area contributed by atoms with Crippen molar-refractivity contribution in [3.8, 4) is 0 Å². The summed E-state index contributed by atoms with van der Waals surface area (Å²) in [5.41, 5.74) is 0. The predicted octanol–water partition coefficient (Wildman–Crippen LogP) is 15.0. The van der Waals surface area contributed by atoms with Crippen LogP contribution in [0.15, 0.2) is 36.5 Å². The van der Waals surface area contributed by atoms with Crippen LogP contribution in [0.5, 0.6) is 0 Å². The fourth-order valence-electron chi connectivity index (χ4n) is 7.31. The highest BCUT2D eigenvalue weighted by molar-refractivity contribution is 7.45. The lowest BCUT2D eigenvalue weighted by Crippen LogP contribution is -2.37. The molecule has 0 aliphatic heterocycles. The Morgan fingerprint density at radius 1 is 0.492 bits per heavy atom. The van der Waals surface area contributed by atoms with Crippen LogP contribution < -0.4 is 4.89 Å². The zero-order valence-corrected chi connectivity index (χ0v) is 42.7. The number of carbonyl (C=O) groups excluding carboxylic acids is 2. The Morgan fingerprint density at radius 2 is 0.857 bits per heavy atom. The summed E-state index contributed by atoms with van der Waals surface area (Å²) in [4.78, 5) is 37.6. The second-order valence-electron chi connectivity index (χ2n) is 18.9. The summed E-state index contributed by atoms with van der Waals surface area (Å²) in [5.74, 6) is -0.829. The number of allylic oxidation sites excluding steroid dienone is 6. The van der Waals surface area contributed by atoms with Gasteiger partial charge >= 0.3 is 11.9 Å². The third-order valence-electron chi connectivity index (χ3n) is 11.4. The van der Waals surface area contributed by atoms with Gasteiger partial charge in [-0.05, 0) is 51.4 Å². The van der Waals surface area contributed by atoms with E-state index in [1.165, 1.54) is 154 Å². The lowest BCUT2D eigenvalue weighted by Gasteiger charge is -2.28. The molecule has 370 valence electrons. The molecule has 0 aromatic heterocycles. The largest absolute Gasteiger partial charge is 0.756 e. The quantitative estimate of drug-likeness (QED) is 0.0195. The van der Waals surface area contributed by atoms with Crippen molar-refractivity contribution in [1.29, 1.82) is 0 Å². The predicted molar refractivity (Wildman–Crippen MR) is 264 cm³/mol. The molecule has 0 spiro atoms. The molecule has 63 heavy (non-hydrogen) atoms. The van der Waals surface area contributed by atoms with E-state index < -0.39 is 26.5 Å². The number of phosphoric acid groups is 1. The molecule has 0 saturated carbocycles. The maximum Gasteiger partial charge on any atom is 0.306 e. The van der Waals surface area contributed by atoms with E-state index in [4.69, 9.17) is 18.5 Å². The van der Waals surface area contributed by atoms with E-state index in [0.29, 0.717) is 17.4 Å². The summed E-state index contributed by atoms with van der Waals surface area (Å²) < 4.78 is 34.0. The standard InChI is InChI=1S/C53H100NO8P/c1-6-8-10-12-14-16-18-19-20-21-22-23-24-25-26-27-28-29-30-31-32-33-34-35-36-38-40-42-44-46-53(56)62-51(50-61-63(57,58)60-48-47-54(3,4)5)49-59-52(55)45-43-41-39-37-17-15-13-11-9-7-2/h18-19,21-22,24-25,51H,6-17,20,23,26-50H2,1-5H3/b19-18-,22-21-,25-24-. The van der Waals surface area contributed by atoms with Gasteiger partial charge in [0.2, 0.25) is 0 Å². The Balaban J connectivity index is 4.07. The van der Waals surface area contributed by atoms with Crippen molar-refractivity contribution < 1.29 is 42.1 Å². The molecule has 2 atom stereocenters. The van der Waals surface area contributed by atoms with Crippen molar-refractivity contribution in [1.82, 2.24) is 0 Å². The maximum atomic E-state index is 12.7. The monoisotopic (exact) mass is 910 g/mol. The summed E-state index contributed by atoms with van der Waals surface area (Å²) in [6, 6.07) is 0. The van der Waals surface area contributed by atoms with Crippen molar-refractivity contribution >= 4 is 19.8 Å². The van der Waals surface area contributed by atoms with E-state index in [-0.39, 0.29) is 32.0 Å². The first kappa shape index (κ1) is 61.2. The Kier molecular flexibility index (Phi) is 44.1. The minimum Gasteiger partial charge on any atom is -0.756 e. The van der Waals surface area contributed by atoms with Crippen LogP contribution in [0.4, 0.5) is 0 Å². The molecular formula is C53H100NO8P. The molecule has 0 saturated heterocycles. The minimum atomic E-state index is -4.62. The first-order valence-corrected chi connectivity index (χ1v) is 27.7. The van der Waals surface area contributed by atoms with Gasteiger partial charge in [-0.25, -0.2) is 0 Å². The SMILES string of the molecule is CCCCCCC/C=C\C/C=C\C/C=C\CCCCCCCCCCCCCCCCC(=O)OC(COC(=O)CCCCCCCCCCCC)COP(=O)([O-])OCC[N+](C)(C)C. The van der Waals surface area contributed by atoms with E-state index in [2.05, 4.69) is 50.3 Å². The number of likely N-dealkylation sites (N-methyl/N-ethyl adjacent to an activating group) is 1. The molecule has 0 aliphatic carbocycles. The average Bonchev–Trinajstić information content (AvgIpc) is 3.24. The molecule has 0 radical (unpaired) electrons. The number of unbranched alkanes of at least 4 members (excludes halogenated alkanes) is 28. The van der Waals surface area contributed by atoms with Crippen LogP contribution in [0.1, 0.15) is 239 Å². The van der Waals surface area contributed by atoms with Gasteiger partial charge in [0.05, 0.1) is 27.7 Å². The van der Waals surface area contributed by atoms with Gasteiger partial charge in [0.1, 0.15) is 19.8 Å². The van der Waals surface area contributed by atoms with Crippen LogP contribution >= 0.6 is 7.82 Å². The molecule has 10 heteroatoms. The molecular weight excluding hydrogens is 810 g/mol. The lowest BCUT2D eigenvalue weighted by molar-refractivity contribution is -0.870. The molecule has 9 nitrogen and oxygen atoms in total. The molecule has 0 amide bonds. The Morgan fingerprint density at radius 3 is 1.27 bits per heavy atom. The summed E-state index contributed by atoms with van der Waals surface area (Å²) in [7, 11) is 1.17. The zero-order chi connectivity index (χ0) is 46.4. The van der Waals surface area contributed by atoms with Crippen LogP contribution in [0.25, 0.3) is 0 Å². The van der Waals surface area contributed by atoms with Gasteiger partial charge in [-0.1, -0.05) is 211 Å². The maximum absolute atomic E-state index is 12.7. The molecule has 0 aromatic carbocycles. The third-order valence-corrected chi connectivity index (χ3v) is 12.4. The van der Waals surface area contributed by atoms with Gasteiger partial charge in [-0.2, -0.15) is 0 Å². The minimum absolute atomic E-state index is 0.0293. The van der Waals surface area contributed by atoms with Gasteiger partial charge in [0.15, 0.2) is 6.10 Å². The normalized spacial score (nSPS) is 13.7. The number of hydrogen-bond donors (Lipinski definition) is 0. The molecule has 0 rings (SSSR count). The molecule has 0 N–H and O–H groups in total. The van der Waals surface area contributed by atoms with Crippen molar-refractivity contribution in [3.05, 3.63) is 36.5 Å². The highest BCUT2D eigenvalue weighted by Gasteiger charge is 2.21. The van der Waals surface area contributed by atoms with E-state index >= 15 is 0 Å². The number of esters is 2. The number of carbonyl (C=O) groups is 2. The van der Waals surface area contributed by atoms with E-state index in [9.17, 15) is 19.0 Å². The molecule has 0 aromatic rings. The van der Waals surface area contributed by atoms with Crippen LogP contribution in [-0.4, -0.2) is 70.0 Å².